The Labute approximate surface area is 158 Å². The van der Waals surface area contributed by atoms with Gasteiger partial charge in [0.1, 0.15) is 0 Å². The van der Waals surface area contributed by atoms with E-state index < -0.39 is 11.7 Å². The van der Waals surface area contributed by atoms with Crippen LogP contribution < -0.4 is 5.32 Å². The monoisotopic (exact) mass is 384 g/mol. The second-order valence-corrected chi connectivity index (χ2v) is 6.99. The first-order chi connectivity index (χ1) is 12.8. The first-order valence-corrected chi connectivity index (χ1v) is 9.57. The Kier molecular flexibility index (Phi) is 7.68. The molecule has 1 aromatic carbocycles. The van der Waals surface area contributed by atoms with Gasteiger partial charge in [-0.2, -0.15) is 13.2 Å². The Balaban J connectivity index is 1.79. The number of piperidine rings is 1. The molecule has 150 valence electrons. The van der Waals surface area contributed by atoms with Crippen LogP contribution in [0.4, 0.5) is 13.2 Å². The van der Waals surface area contributed by atoms with Gasteiger partial charge in [-0.1, -0.05) is 26.2 Å². The molecule has 1 fully saturated rings. The lowest BCUT2D eigenvalue weighted by atomic mass is 9.95. The molecule has 1 heterocycles. The van der Waals surface area contributed by atoms with Crippen molar-refractivity contribution in [2.45, 2.75) is 51.6 Å². The van der Waals surface area contributed by atoms with Gasteiger partial charge in [0.05, 0.1) is 5.56 Å². The third-order valence-electron chi connectivity index (χ3n) is 4.94. The Hall–Kier alpha value is -2.05. The maximum Gasteiger partial charge on any atom is 0.416 e. The third-order valence-corrected chi connectivity index (χ3v) is 4.94. The molecule has 1 N–H and O–H groups in total. The molecule has 2 amide bonds. The van der Waals surface area contributed by atoms with E-state index in [1.54, 1.807) is 4.90 Å². The largest absolute Gasteiger partial charge is 0.416 e. The average Bonchev–Trinajstić information content (AvgIpc) is 2.66. The maximum absolute atomic E-state index is 12.6. The van der Waals surface area contributed by atoms with Crippen molar-refractivity contribution < 1.29 is 22.8 Å². The fourth-order valence-electron chi connectivity index (χ4n) is 3.24. The van der Waals surface area contributed by atoms with Crippen LogP contribution in [0.3, 0.4) is 0 Å². The van der Waals surface area contributed by atoms with Crippen molar-refractivity contribution in [3.63, 3.8) is 0 Å². The quantitative estimate of drug-likeness (QED) is 0.715. The number of unbranched alkanes of at least 4 members (excludes halogenated alkanes) is 3. The lowest BCUT2D eigenvalue weighted by molar-refractivity contribution is -0.137. The molecule has 27 heavy (non-hydrogen) atoms. The smallest absolute Gasteiger partial charge is 0.356 e. The number of hydrogen-bond donors (Lipinski definition) is 1. The fourth-order valence-corrected chi connectivity index (χ4v) is 3.24. The number of hydrogen-bond acceptors (Lipinski definition) is 2. The van der Waals surface area contributed by atoms with E-state index in [4.69, 9.17) is 0 Å². The predicted molar refractivity (Wildman–Crippen MR) is 97.2 cm³/mol. The summed E-state index contributed by atoms with van der Waals surface area (Å²) >= 11 is 0. The number of alkyl halides is 3. The number of amides is 2. The zero-order chi connectivity index (χ0) is 19.9. The van der Waals surface area contributed by atoms with Crippen LogP contribution in [0.5, 0.6) is 0 Å². The molecule has 0 atom stereocenters. The van der Waals surface area contributed by atoms with Crippen LogP contribution in [0.25, 0.3) is 0 Å². The molecule has 0 aromatic heterocycles. The number of nitrogens with zero attached hydrogens (tertiary/aromatic N) is 1. The highest BCUT2D eigenvalue weighted by Gasteiger charge is 2.31. The van der Waals surface area contributed by atoms with Crippen LogP contribution in [-0.2, 0) is 11.0 Å². The van der Waals surface area contributed by atoms with E-state index in [0.29, 0.717) is 32.5 Å². The van der Waals surface area contributed by atoms with Crippen LogP contribution in [0, 0.1) is 5.92 Å². The van der Waals surface area contributed by atoms with E-state index >= 15 is 0 Å². The summed E-state index contributed by atoms with van der Waals surface area (Å²) in [6.07, 6.45) is 1.14. The summed E-state index contributed by atoms with van der Waals surface area (Å²) < 4.78 is 37.8. The Morgan fingerprint density at radius 1 is 1.07 bits per heavy atom. The van der Waals surface area contributed by atoms with Gasteiger partial charge in [0.2, 0.25) is 5.91 Å². The van der Waals surface area contributed by atoms with E-state index in [0.717, 1.165) is 31.4 Å². The molecule has 0 bridgehead atoms. The number of carbonyl (C=O) groups excluding carboxylic acids is 2. The molecular weight excluding hydrogens is 357 g/mol. The third kappa shape index (κ3) is 6.26. The Morgan fingerprint density at radius 3 is 2.26 bits per heavy atom. The van der Waals surface area contributed by atoms with Gasteiger partial charge < -0.3 is 10.2 Å². The highest BCUT2D eigenvalue weighted by molar-refractivity contribution is 5.94. The number of nitrogens with one attached hydrogen (secondary N) is 1. The normalized spacial score (nSPS) is 15.6. The lowest BCUT2D eigenvalue weighted by Gasteiger charge is -2.31. The van der Waals surface area contributed by atoms with Crippen molar-refractivity contribution in [1.82, 2.24) is 10.2 Å². The van der Waals surface area contributed by atoms with Gasteiger partial charge >= 0.3 is 6.18 Å². The van der Waals surface area contributed by atoms with E-state index in [-0.39, 0.29) is 23.3 Å². The minimum absolute atomic E-state index is 0.0353. The van der Waals surface area contributed by atoms with Crippen LogP contribution in [0.2, 0.25) is 0 Å². The summed E-state index contributed by atoms with van der Waals surface area (Å²) in [5.74, 6) is -0.358. The number of carbonyl (C=O) groups is 2. The Morgan fingerprint density at radius 2 is 1.70 bits per heavy atom. The topological polar surface area (TPSA) is 49.4 Å². The predicted octanol–water partition coefficient (Wildman–Crippen LogP) is 4.25. The molecule has 7 heteroatoms. The molecule has 2 rings (SSSR count). The van der Waals surface area contributed by atoms with E-state index in [1.807, 2.05) is 0 Å². The lowest BCUT2D eigenvalue weighted by Crippen LogP contribution is -2.43. The summed E-state index contributed by atoms with van der Waals surface area (Å²) in [4.78, 5) is 26.2. The summed E-state index contributed by atoms with van der Waals surface area (Å²) in [7, 11) is 0. The SMILES string of the molecule is CCCCCCNC(=O)C1CCN(C(=O)c2ccc(C(F)(F)F)cc2)CC1. The molecular formula is C20H27F3N2O2. The highest BCUT2D eigenvalue weighted by Crippen LogP contribution is 2.29. The average molecular weight is 384 g/mol. The van der Waals surface area contributed by atoms with Crippen LogP contribution >= 0.6 is 0 Å². The van der Waals surface area contributed by atoms with Gasteiger partial charge in [-0.15, -0.1) is 0 Å². The number of halogens is 3. The molecule has 0 unspecified atom stereocenters. The zero-order valence-corrected chi connectivity index (χ0v) is 15.6. The fraction of sp³-hybridized carbons (Fsp3) is 0.600. The standard InChI is InChI=1S/C20H27F3N2O2/c1-2-3-4-5-12-24-18(26)15-10-13-25(14-11-15)19(27)16-6-8-17(9-7-16)20(21,22)23/h6-9,15H,2-5,10-14H2,1H3,(H,24,26). The summed E-state index contributed by atoms with van der Waals surface area (Å²) in [5, 5.41) is 2.96. The molecule has 0 saturated carbocycles. The molecule has 1 saturated heterocycles. The van der Waals surface area contributed by atoms with Gasteiger partial charge in [-0.3, -0.25) is 9.59 Å². The van der Waals surface area contributed by atoms with Crippen molar-refractivity contribution in [3.8, 4) is 0 Å². The number of likely N-dealkylation sites (tertiary alicyclic amines) is 1. The van der Waals surface area contributed by atoms with Crippen LogP contribution in [0.15, 0.2) is 24.3 Å². The second-order valence-electron chi connectivity index (χ2n) is 6.99. The molecule has 0 spiro atoms. The minimum Gasteiger partial charge on any atom is -0.356 e. The van der Waals surface area contributed by atoms with Crippen molar-refractivity contribution >= 4 is 11.8 Å². The molecule has 0 aliphatic carbocycles. The Bertz CT molecular complexity index is 621. The first kappa shape index (κ1) is 21.3. The van der Waals surface area contributed by atoms with Gasteiger partial charge in [-0.25, -0.2) is 0 Å². The van der Waals surface area contributed by atoms with Crippen molar-refractivity contribution in [2.75, 3.05) is 19.6 Å². The molecule has 1 aliphatic rings. The molecule has 1 aliphatic heterocycles. The summed E-state index contributed by atoms with van der Waals surface area (Å²) in [6.45, 7) is 3.70. The van der Waals surface area contributed by atoms with E-state index in [2.05, 4.69) is 12.2 Å². The number of rotatable bonds is 7. The van der Waals surface area contributed by atoms with Gasteiger partial charge in [0.15, 0.2) is 0 Å². The summed E-state index contributed by atoms with van der Waals surface area (Å²) in [6, 6.07) is 4.26. The van der Waals surface area contributed by atoms with Crippen molar-refractivity contribution in [2.24, 2.45) is 5.92 Å². The van der Waals surface area contributed by atoms with Gasteiger partial charge in [0.25, 0.3) is 5.91 Å². The van der Waals surface area contributed by atoms with Gasteiger partial charge in [0, 0.05) is 31.1 Å². The number of benzene rings is 1. The second kappa shape index (κ2) is 9.76. The van der Waals surface area contributed by atoms with E-state index in [9.17, 15) is 22.8 Å². The molecule has 1 aromatic rings. The molecule has 4 nitrogen and oxygen atoms in total. The first-order valence-electron chi connectivity index (χ1n) is 9.57. The van der Waals surface area contributed by atoms with Gasteiger partial charge in [-0.05, 0) is 43.5 Å². The summed E-state index contributed by atoms with van der Waals surface area (Å²) in [5.41, 5.74) is -0.532. The zero-order valence-electron chi connectivity index (χ0n) is 15.6. The maximum atomic E-state index is 12.6. The van der Waals surface area contributed by atoms with Crippen molar-refractivity contribution in [1.29, 1.82) is 0 Å². The van der Waals surface area contributed by atoms with Crippen LogP contribution in [0.1, 0.15) is 61.4 Å². The minimum atomic E-state index is -4.41. The van der Waals surface area contributed by atoms with Crippen molar-refractivity contribution in [3.05, 3.63) is 35.4 Å². The van der Waals surface area contributed by atoms with E-state index in [1.165, 1.54) is 18.6 Å². The highest BCUT2D eigenvalue weighted by atomic mass is 19.4. The van der Waals surface area contributed by atoms with Crippen LogP contribution in [-0.4, -0.2) is 36.3 Å². The molecule has 0 radical (unpaired) electrons.